The monoisotopic (exact) mass is 275 g/mol. The lowest BCUT2D eigenvalue weighted by atomic mass is 10.2. The normalized spacial score (nSPS) is 11.2. The number of carbonyl (C=O) groups excluding carboxylic acids is 1. The van der Waals surface area contributed by atoms with Gasteiger partial charge in [0.1, 0.15) is 25.0 Å². The summed E-state index contributed by atoms with van der Waals surface area (Å²) in [4.78, 5) is 11.5. The van der Waals surface area contributed by atoms with Gasteiger partial charge in [-0.2, -0.15) is 5.26 Å². The number of para-hydroxylation sites is 1. The zero-order chi connectivity index (χ0) is 14.8. The van der Waals surface area contributed by atoms with E-state index >= 15 is 0 Å². The largest absolute Gasteiger partial charge is 0.489 e. The Bertz CT molecular complexity index is 493. The highest BCUT2D eigenvalue weighted by Crippen LogP contribution is 2.16. The molecule has 0 radical (unpaired) electrons. The Labute approximate surface area is 118 Å². The number of nitriles is 1. The number of hydrogen-bond donors (Lipinski definition) is 0. The first-order valence-electron chi connectivity index (χ1n) is 6.20. The summed E-state index contributed by atoms with van der Waals surface area (Å²) in [6.07, 6.45) is 0.922. The van der Waals surface area contributed by atoms with Crippen LogP contribution in [0.15, 0.2) is 36.9 Å². The molecule has 5 heteroatoms. The minimum absolute atomic E-state index is 0.0976. The van der Waals surface area contributed by atoms with Gasteiger partial charge in [-0.1, -0.05) is 18.2 Å². The van der Waals surface area contributed by atoms with Crippen LogP contribution in [0.4, 0.5) is 0 Å². The summed E-state index contributed by atoms with van der Waals surface area (Å²) >= 11 is 0. The number of benzene rings is 1. The van der Waals surface area contributed by atoms with Gasteiger partial charge in [0.05, 0.1) is 12.2 Å². The molecule has 0 saturated heterocycles. The summed E-state index contributed by atoms with van der Waals surface area (Å²) in [7, 11) is 0. The second-order valence-corrected chi connectivity index (χ2v) is 3.89. The zero-order valence-corrected chi connectivity index (χ0v) is 11.4. The molecule has 0 spiro atoms. The average molecular weight is 275 g/mol. The van der Waals surface area contributed by atoms with E-state index < -0.39 is 12.1 Å². The molecule has 0 aliphatic heterocycles. The highest BCUT2D eigenvalue weighted by Gasteiger charge is 2.14. The van der Waals surface area contributed by atoms with Crippen molar-refractivity contribution in [2.75, 3.05) is 19.8 Å². The summed E-state index contributed by atoms with van der Waals surface area (Å²) in [5.41, 5.74) is 0.446. The highest BCUT2D eigenvalue weighted by atomic mass is 16.6. The summed E-state index contributed by atoms with van der Waals surface area (Å²) < 4.78 is 15.5. The van der Waals surface area contributed by atoms with E-state index in [1.54, 1.807) is 37.3 Å². The van der Waals surface area contributed by atoms with Gasteiger partial charge < -0.3 is 14.2 Å². The number of hydrogen-bond acceptors (Lipinski definition) is 5. The summed E-state index contributed by atoms with van der Waals surface area (Å²) in [6.45, 7) is 5.67. The van der Waals surface area contributed by atoms with Crippen molar-refractivity contribution in [2.45, 2.75) is 13.0 Å². The Morgan fingerprint density at radius 1 is 1.45 bits per heavy atom. The van der Waals surface area contributed by atoms with E-state index in [0.717, 1.165) is 0 Å². The van der Waals surface area contributed by atoms with Gasteiger partial charge in [0.15, 0.2) is 6.10 Å². The molecular formula is C15H17NO4. The van der Waals surface area contributed by atoms with Crippen molar-refractivity contribution < 1.29 is 19.0 Å². The minimum Gasteiger partial charge on any atom is -0.489 e. The van der Waals surface area contributed by atoms with Crippen LogP contribution < -0.4 is 4.74 Å². The van der Waals surface area contributed by atoms with E-state index in [1.165, 1.54) is 0 Å². The van der Waals surface area contributed by atoms with Crippen molar-refractivity contribution in [3.63, 3.8) is 0 Å². The molecule has 0 aromatic heterocycles. The molecule has 20 heavy (non-hydrogen) atoms. The Kier molecular flexibility index (Phi) is 6.87. The molecule has 0 aliphatic carbocycles. The molecule has 1 aromatic carbocycles. The van der Waals surface area contributed by atoms with Crippen molar-refractivity contribution in [1.29, 1.82) is 5.26 Å². The van der Waals surface area contributed by atoms with Gasteiger partial charge in [0.25, 0.3) is 0 Å². The lowest BCUT2D eigenvalue weighted by molar-refractivity contribution is -0.156. The molecule has 1 aromatic rings. The highest BCUT2D eigenvalue weighted by molar-refractivity contribution is 5.74. The maximum atomic E-state index is 11.5. The summed E-state index contributed by atoms with van der Waals surface area (Å²) in [5.74, 6) is 0.0195. The predicted molar refractivity (Wildman–Crippen MR) is 73.2 cm³/mol. The number of rotatable bonds is 8. The molecule has 0 amide bonds. The molecular weight excluding hydrogens is 258 g/mol. The van der Waals surface area contributed by atoms with Crippen molar-refractivity contribution in [3.8, 4) is 11.8 Å². The van der Waals surface area contributed by atoms with Crippen LogP contribution in [-0.4, -0.2) is 31.9 Å². The van der Waals surface area contributed by atoms with E-state index in [-0.39, 0.29) is 13.2 Å². The number of nitrogens with zero attached hydrogens (tertiary/aromatic N) is 1. The molecule has 0 fully saturated rings. The topological polar surface area (TPSA) is 68.6 Å². The first-order valence-corrected chi connectivity index (χ1v) is 6.20. The Hall–Kier alpha value is -2.32. The lowest BCUT2D eigenvalue weighted by Gasteiger charge is -2.12. The average Bonchev–Trinajstić information content (AvgIpc) is 2.49. The van der Waals surface area contributed by atoms with Gasteiger partial charge in [0.2, 0.25) is 0 Å². The van der Waals surface area contributed by atoms with Gasteiger partial charge >= 0.3 is 5.97 Å². The van der Waals surface area contributed by atoms with Crippen LogP contribution >= 0.6 is 0 Å². The third-order valence-corrected chi connectivity index (χ3v) is 2.39. The van der Waals surface area contributed by atoms with Crippen LogP contribution in [0.25, 0.3) is 0 Å². The van der Waals surface area contributed by atoms with E-state index in [4.69, 9.17) is 19.5 Å². The van der Waals surface area contributed by atoms with Crippen LogP contribution in [0.2, 0.25) is 0 Å². The van der Waals surface area contributed by atoms with E-state index in [0.29, 0.717) is 17.9 Å². The summed E-state index contributed by atoms with van der Waals surface area (Å²) in [5, 5.41) is 8.88. The number of carbonyl (C=O) groups is 1. The Balaban J connectivity index is 2.30. The maximum Gasteiger partial charge on any atom is 0.335 e. The third-order valence-electron chi connectivity index (χ3n) is 2.39. The van der Waals surface area contributed by atoms with Gasteiger partial charge in [-0.05, 0) is 19.1 Å². The number of ether oxygens (including phenoxy) is 3. The molecule has 0 heterocycles. The van der Waals surface area contributed by atoms with E-state index in [9.17, 15) is 4.79 Å². The van der Waals surface area contributed by atoms with Gasteiger partial charge in [-0.25, -0.2) is 4.79 Å². The molecule has 0 saturated carbocycles. The SMILES string of the molecule is C=CCOC(C)C(=O)OCCOc1ccccc1C#N. The van der Waals surface area contributed by atoms with Crippen LogP contribution in [0.3, 0.4) is 0 Å². The van der Waals surface area contributed by atoms with E-state index in [1.807, 2.05) is 6.07 Å². The van der Waals surface area contributed by atoms with Gasteiger partial charge in [-0.15, -0.1) is 6.58 Å². The third kappa shape index (κ3) is 5.12. The second-order valence-electron chi connectivity index (χ2n) is 3.89. The number of esters is 1. The molecule has 106 valence electrons. The minimum atomic E-state index is -0.639. The molecule has 1 rings (SSSR count). The maximum absolute atomic E-state index is 11.5. The lowest BCUT2D eigenvalue weighted by Crippen LogP contribution is -2.25. The fourth-order valence-electron chi connectivity index (χ4n) is 1.38. The van der Waals surface area contributed by atoms with Crippen molar-refractivity contribution >= 4 is 5.97 Å². The van der Waals surface area contributed by atoms with Crippen LogP contribution in [0, 0.1) is 11.3 Å². The van der Waals surface area contributed by atoms with Crippen LogP contribution in [0.5, 0.6) is 5.75 Å². The Morgan fingerprint density at radius 2 is 2.20 bits per heavy atom. The molecule has 0 N–H and O–H groups in total. The molecule has 0 aliphatic rings. The Morgan fingerprint density at radius 3 is 2.90 bits per heavy atom. The van der Waals surface area contributed by atoms with Crippen LogP contribution in [0.1, 0.15) is 12.5 Å². The second kappa shape index (κ2) is 8.73. The van der Waals surface area contributed by atoms with Gasteiger partial charge in [0, 0.05) is 0 Å². The quantitative estimate of drug-likeness (QED) is 0.413. The first kappa shape index (κ1) is 15.7. The van der Waals surface area contributed by atoms with Crippen molar-refractivity contribution in [1.82, 2.24) is 0 Å². The van der Waals surface area contributed by atoms with E-state index in [2.05, 4.69) is 6.58 Å². The predicted octanol–water partition coefficient (Wildman–Crippen LogP) is 2.07. The first-order chi connectivity index (χ1) is 9.69. The summed E-state index contributed by atoms with van der Waals surface area (Å²) in [6, 6.07) is 8.90. The van der Waals surface area contributed by atoms with Crippen molar-refractivity contribution in [2.24, 2.45) is 0 Å². The molecule has 1 atom stereocenters. The molecule has 5 nitrogen and oxygen atoms in total. The molecule has 1 unspecified atom stereocenters. The van der Waals surface area contributed by atoms with Gasteiger partial charge in [-0.3, -0.25) is 0 Å². The van der Waals surface area contributed by atoms with Crippen molar-refractivity contribution in [3.05, 3.63) is 42.5 Å². The fourth-order valence-corrected chi connectivity index (χ4v) is 1.38. The standard InChI is InChI=1S/C15H17NO4/c1-3-8-18-12(2)15(17)20-10-9-19-14-7-5-4-6-13(14)11-16/h3-7,12H,1,8-10H2,2H3. The fraction of sp³-hybridized carbons (Fsp3) is 0.333. The molecule has 0 bridgehead atoms. The van der Waals surface area contributed by atoms with Crippen LogP contribution in [-0.2, 0) is 14.3 Å². The smallest absolute Gasteiger partial charge is 0.335 e. The zero-order valence-electron chi connectivity index (χ0n) is 11.4.